The minimum absolute atomic E-state index is 0.0394. The molecule has 4 aromatic rings. The summed E-state index contributed by atoms with van der Waals surface area (Å²) in [5, 5.41) is 7.59. The lowest BCUT2D eigenvalue weighted by Crippen LogP contribution is -2.32. The Morgan fingerprint density at radius 3 is 2.30 bits per heavy atom. The molecule has 7 nitrogen and oxygen atoms in total. The molecule has 0 radical (unpaired) electrons. The summed E-state index contributed by atoms with van der Waals surface area (Å²) in [6.45, 7) is 5.95. The molecule has 9 heteroatoms. The molecule has 0 aliphatic carbocycles. The number of rotatable bonds is 10. The van der Waals surface area contributed by atoms with E-state index in [0.29, 0.717) is 27.1 Å². The minimum Gasteiger partial charge on any atom is -0.455 e. The Labute approximate surface area is 243 Å². The number of benzene rings is 3. The summed E-state index contributed by atoms with van der Waals surface area (Å²) in [6.07, 6.45) is 2.97. The molecule has 0 atom stereocenters. The van der Waals surface area contributed by atoms with Crippen LogP contribution in [0.5, 0.6) is 0 Å². The maximum Gasteiger partial charge on any atom is 0.287 e. The Hall–Kier alpha value is -4.33. The van der Waals surface area contributed by atoms with Gasteiger partial charge in [0.1, 0.15) is 17.2 Å². The number of furan rings is 1. The third kappa shape index (κ3) is 7.40. The quantitative estimate of drug-likeness (QED) is 0.121. The van der Waals surface area contributed by atoms with Crippen LogP contribution in [0, 0.1) is 0 Å². The van der Waals surface area contributed by atoms with Gasteiger partial charge in [-0.3, -0.25) is 9.59 Å². The molecule has 0 spiro atoms. The van der Waals surface area contributed by atoms with Crippen LogP contribution >= 0.6 is 23.2 Å². The van der Waals surface area contributed by atoms with Crippen LogP contribution in [0.2, 0.25) is 10.0 Å². The number of hydrogen-bond donors (Lipinski definition) is 2. The standard InChI is InChI=1S/C31H28Cl2N4O3/c1-3-37(4-2)24-13-10-21(11-14-24)18-28(35-30(38)22-8-6-5-7-9-22)31(39)36-34-20-25-15-17-29(40-25)23-12-16-26(32)27(33)19-23/h5-20H,3-4H2,1-2H3,(H,35,38)(H,36,39)/b28-18+,34-20-. The lowest BCUT2D eigenvalue weighted by atomic mass is 10.1. The number of anilines is 1. The second-order valence-electron chi connectivity index (χ2n) is 8.67. The normalized spacial score (nSPS) is 11.4. The first-order valence-electron chi connectivity index (χ1n) is 12.7. The molecule has 2 N–H and O–H groups in total. The van der Waals surface area contributed by atoms with Gasteiger partial charge in [-0.25, -0.2) is 5.43 Å². The van der Waals surface area contributed by atoms with E-state index in [1.807, 2.05) is 30.3 Å². The first kappa shape index (κ1) is 28.7. The fourth-order valence-corrected chi connectivity index (χ4v) is 4.22. The zero-order valence-electron chi connectivity index (χ0n) is 22.0. The highest BCUT2D eigenvalue weighted by atomic mass is 35.5. The zero-order chi connectivity index (χ0) is 28.5. The summed E-state index contributed by atoms with van der Waals surface area (Å²) in [5.74, 6) is -0.0323. The van der Waals surface area contributed by atoms with E-state index in [1.54, 1.807) is 60.7 Å². The summed E-state index contributed by atoms with van der Waals surface area (Å²) in [5.41, 5.74) is 5.49. The average molecular weight is 575 g/mol. The molecule has 1 aromatic heterocycles. The fourth-order valence-electron chi connectivity index (χ4n) is 3.92. The Kier molecular flexibility index (Phi) is 9.78. The van der Waals surface area contributed by atoms with Gasteiger partial charge in [-0.2, -0.15) is 5.10 Å². The van der Waals surface area contributed by atoms with Crippen molar-refractivity contribution in [1.29, 1.82) is 0 Å². The molecule has 0 bridgehead atoms. The predicted octanol–water partition coefficient (Wildman–Crippen LogP) is 7.02. The highest BCUT2D eigenvalue weighted by Gasteiger charge is 2.15. The molecule has 0 aliphatic heterocycles. The molecule has 3 aromatic carbocycles. The van der Waals surface area contributed by atoms with E-state index < -0.39 is 11.8 Å². The van der Waals surface area contributed by atoms with Gasteiger partial charge in [-0.05, 0) is 80.1 Å². The van der Waals surface area contributed by atoms with Gasteiger partial charge in [0.05, 0.1) is 16.3 Å². The summed E-state index contributed by atoms with van der Waals surface area (Å²) in [6, 6.07) is 25.1. The molecule has 2 amide bonds. The van der Waals surface area contributed by atoms with Gasteiger partial charge in [0.25, 0.3) is 11.8 Å². The molecule has 0 saturated heterocycles. The molecule has 0 unspecified atom stereocenters. The van der Waals surface area contributed by atoms with Crippen LogP contribution in [0.3, 0.4) is 0 Å². The van der Waals surface area contributed by atoms with Crippen molar-refractivity contribution in [2.75, 3.05) is 18.0 Å². The van der Waals surface area contributed by atoms with Gasteiger partial charge in [0.2, 0.25) is 0 Å². The van der Waals surface area contributed by atoms with Crippen molar-refractivity contribution in [3.05, 3.63) is 118 Å². The molecular weight excluding hydrogens is 547 g/mol. The highest BCUT2D eigenvalue weighted by Crippen LogP contribution is 2.29. The van der Waals surface area contributed by atoms with E-state index >= 15 is 0 Å². The number of amides is 2. The third-order valence-corrected chi connectivity index (χ3v) is 6.79. The van der Waals surface area contributed by atoms with E-state index in [1.165, 1.54) is 6.21 Å². The number of halogens is 2. The van der Waals surface area contributed by atoms with Crippen LogP contribution < -0.4 is 15.6 Å². The largest absolute Gasteiger partial charge is 0.455 e. The number of nitrogens with one attached hydrogen (secondary N) is 2. The Morgan fingerprint density at radius 1 is 0.900 bits per heavy atom. The van der Waals surface area contributed by atoms with E-state index in [4.69, 9.17) is 27.6 Å². The highest BCUT2D eigenvalue weighted by molar-refractivity contribution is 6.42. The van der Waals surface area contributed by atoms with Crippen molar-refractivity contribution < 1.29 is 14.0 Å². The zero-order valence-corrected chi connectivity index (χ0v) is 23.5. The fraction of sp³-hybridized carbons (Fsp3) is 0.129. The molecular formula is C31H28Cl2N4O3. The van der Waals surface area contributed by atoms with Crippen molar-refractivity contribution >= 4 is 53.0 Å². The molecule has 204 valence electrons. The van der Waals surface area contributed by atoms with Crippen LogP contribution in [-0.4, -0.2) is 31.1 Å². The average Bonchev–Trinajstić information content (AvgIpc) is 3.45. The second kappa shape index (κ2) is 13.6. The number of carbonyl (C=O) groups excluding carboxylic acids is 2. The van der Waals surface area contributed by atoms with E-state index in [9.17, 15) is 9.59 Å². The number of nitrogens with zero attached hydrogens (tertiary/aromatic N) is 2. The molecule has 40 heavy (non-hydrogen) atoms. The molecule has 1 heterocycles. The maximum absolute atomic E-state index is 13.1. The smallest absolute Gasteiger partial charge is 0.287 e. The summed E-state index contributed by atoms with van der Waals surface area (Å²) >= 11 is 12.1. The van der Waals surface area contributed by atoms with Crippen molar-refractivity contribution in [2.45, 2.75) is 13.8 Å². The third-order valence-electron chi connectivity index (χ3n) is 6.05. The maximum atomic E-state index is 13.1. The van der Waals surface area contributed by atoms with Gasteiger partial charge in [-0.1, -0.05) is 53.5 Å². The monoisotopic (exact) mass is 574 g/mol. The van der Waals surface area contributed by atoms with Crippen LogP contribution in [0.25, 0.3) is 17.4 Å². The van der Waals surface area contributed by atoms with E-state index in [0.717, 1.165) is 29.9 Å². The van der Waals surface area contributed by atoms with Crippen LogP contribution in [0.15, 0.2) is 100 Å². The van der Waals surface area contributed by atoms with Gasteiger partial charge < -0.3 is 14.6 Å². The Morgan fingerprint density at radius 2 is 1.62 bits per heavy atom. The molecule has 0 aliphatic rings. The van der Waals surface area contributed by atoms with E-state index in [2.05, 4.69) is 34.6 Å². The lowest BCUT2D eigenvalue weighted by Gasteiger charge is -2.20. The summed E-state index contributed by atoms with van der Waals surface area (Å²) in [4.78, 5) is 28.2. The lowest BCUT2D eigenvalue weighted by molar-refractivity contribution is -0.117. The predicted molar refractivity (Wildman–Crippen MR) is 162 cm³/mol. The Bertz CT molecular complexity index is 1530. The second-order valence-corrected chi connectivity index (χ2v) is 9.49. The summed E-state index contributed by atoms with van der Waals surface area (Å²) in [7, 11) is 0. The van der Waals surface area contributed by atoms with Crippen LogP contribution in [0.1, 0.15) is 35.5 Å². The number of hydrogen-bond acceptors (Lipinski definition) is 5. The first-order valence-corrected chi connectivity index (χ1v) is 13.4. The van der Waals surface area contributed by atoms with Crippen molar-refractivity contribution in [3.63, 3.8) is 0 Å². The Balaban J connectivity index is 1.51. The van der Waals surface area contributed by atoms with Gasteiger partial charge in [0, 0.05) is 29.9 Å². The number of hydrazone groups is 1. The van der Waals surface area contributed by atoms with Gasteiger partial charge >= 0.3 is 0 Å². The molecule has 4 rings (SSSR count). The van der Waals surface area contributed by atoms with Crippen molar-refractivity contribution in [1.82, 2.24) is 10.7 Å². The first-order chi connectivity index (χ1) is 19.4. The van der Waals surface area contributed by atoms with Crippen LogP contribution in [-0.2, 0) is 4.79 Å². The SMILES string of the molecule is CCN(CC)c1ccc(/C=C(/NC(=O)c2ccccc2)C(=O)N/N=C\c2ccc(-c3ccc(Cl)c(Cl)c3)o2)cc1. The minimum atomic E-state index is -0.593. The van der Waals surface area contributed by atoms with E-state index in [-0.39, 0.29) is 5.70 Å². The van der Waals surface area contributed by atoms with Gasteiger partial charge in [-0.15, -0.1) is 0 Å². The summed E-state index contributed by atoms with van der Waals surface area (Å²) < 4.78 is 5.78. The molecule has 0 saturated carbocycles. The number of carbonyl (C=O) groups is 2. The van der Waals surface area contributed by atoms with Crippen molar-refractivity contribution in [3.8, 4) is 11.3 Å². The topological polar surface area (TPSA) is 86.9 Å². The van der Waals surface area contributed by atoms with Crippen molar-refractivity contribution in [2.24, 2.45) is 5.10 Å². The molecule has 0 fully saturated rings. The van der Waals surface area contributed by atoms with Crippen LogP contribution in [0.4, 0.5) is 5.69 Å². The van der Waals surface area contributed by atoms with Gasteiger partial charge in [0.15, 0.2) is 0 Å².